The van der Waals surface area contributed by atoms with Crippen LogP contribution in [0.4, 0.5) is 5.69 Å². The smallest absolute Gasteiger partial charge is 0.253 e. The van der Waals surface area contributed by atoms with Crippen molar-refractivity contribution in [2.45, 2.75) is 20.4 Å². The molecule has 5 heteroatoms. The van der Waals surface area contributed by atoms with E-state index < -0.39 is 0 Å². The third kappa shape index (κ3) is 2.68. The van der Waals surface area contributed by atoms with Crippen molar-refractivity contribution in [1.82, 2.24) is 10.3 Å². The number of nitrogens with two attached hydrogens (primary N) is 1. The summed E-state index contributed by atoms with van der Waals surface area (Å²) in [5, 5.41) is 3.84. The van der Waals surface area contributed by atoms with Gasteiger partial charge in [-0.2, -0.15) is 0 Å². The van der Waals surface area contributed by atoms with Crippen LogP contribution in [-0.4, -0.2) is 10.9 Å². The van der Waals surface area contributed by atoms with E-state index in [0.29, 0.717) is 17.8 Å². The molecule has 0 fully saturated rings. The number of aryl methyl sites for hydroxylation is 2. The van der Waals surface area contributed by atoms with Gasteiger partial charge in [0, 0.05) is 16.8 Å². The lowest BCUT2D eigenvalue weighted by Gasteiger charge is -2.08. The first-order chi connectivity index (χ1) is 8.58. The average Bonchev–Trinajstić information content (AvgIpc) is 2.76. The Balaban J connectivity index is 2.06. The highest BCUT2D eigenvalue weighted by molar-refractivity contribution is 7.11. The molecule has 0 aliphatic carbocycles. The Morgan fingerprint density at radius 1 is 1.44 bits per heavy atom. The van der Waals surface area contributed by atoms with Crippen molar-refractivity contribution < 1.29 is 4.79 Å². The summed E-state index contributed by atoms with van der Waals surface area (Å²) in [6.07, 6.45) is 1.78. The molecule has 1 aromatic carbocycles. The predicted molar refractivity (Wildman–Crippen MR) is 73.6 cm³/mol. The van der Waals surface area contributed by atoms with Crippen LogP contribution in [0.3, 0.4) is 0 Å². The molecule has 0 atom stereocenters. The van der Waals surface area contributed by atoms with Crippen molar-refractivity contribution in [3.8, 4) is 0 Å². The van der Waals surface area contributed by atoms with Crippen LogP contribution < -0.4 is 11.1 Å². The number of para-hydroxylation sites is 1. The molecule has 2 rings (SSSR count). The molecule has 1 amide bonds. The Morgan fingerprint density at radius 3 is 2.89 bits per heavy atom. The van der Waals surface area contributed by atoms with Crippen molar-refractivity contribution in [2.75, 3.05) is 5.73 Å². The largest absolute Gasteiger partial charge is 0.398 e. The zero-order valence-corrected chi connectivity index (χ0v) is 11.2. The van der Waals surface area contributed by atoms with Crippen LogP contribution in [0.25, 0.3) is 0 Å². The van der Waals surface area contributed by atoms with Crippen molar-refractivity contribution in [2.24, 2.45) is 0 Å². The molecule has 0 bridgehead atoms. The predicted octanol–water partition coefficient (Wildman–Crippen LogP) is 2.27. The minimum Gasteiger partial charge on any atom is -0.398 e. The van der Waals surface area contributed by atoms with Gasteiger partial charge in [0.1, 0.15) is 0 Å². The summed E-state index contributed by atoms with van der Waals surface area (Å²) in [7, 11) is 0. The number of carbonyl (C=O) groups excluding carboxylic acids is 1. The first-order valence-electron chi connectivity index (χ1n) is 5.62. The van der Waals surface area contributed by atoms with E-state index in [9.17, 15) is 4.79 Å². The Labute approximate surface area is 110 Å². The number of rotatable bonds is 3. The summed E-state index contributed by atoms with van der Waals surface area (Å²) in [6, 6.07) is 5.45. The van der Waals surface area contributed by atoms with Crippen molar-refractivity contribution in [1.29, 1.82) is 0 Å². The van der Waals surface area contributed by atoms with E-state index in [1.165, 1.54) is 0 Å². The number of aromatic nitrogens is 1. The van der Waals surface area contributed by atoms with Gasteiger partial charge in [0.05, 0.1) is 17.1 Å². The van der Waals surface area contributed by atoms with Crippen LogP contribution in [0.1, 0.15) is 25.8 Å². The molecular formula is C13H15N3OS. The lowest BCUT2D eigenvalue weighted by atomic mass is 10.1. The standard InChI is InChI=1S/C13H15N3OS/c1-8-4-3-5-11(12(8)14)13(17)16-7-10-6-15-9(2)18-10/h3-6H,7,14H2,1-2H3,(H,16,17). The van der Waals surface area contributed by atoms with Crippen LogP contribution in [-0.2, 0) is 6.54 Å². The number of anilines is 1. The minimum atomic E-state index is -0.151. The van der Waals surface area contributed by atoms with Gasteiger partial charge in [-0.05, 0) is 25.5 Å². The minimum absolute atomic E-state index is 0.151. The van der Waals surface area contributed by atoms with Crippen LogP contribution in [0.2, 0.25) is 0 Å². The highest BCUT2D eigenvalue weighted by Gasteiger charge is 2.10. The van der Waals surface area contributed by atoms with Crippen molar-refractivity contribution >= 4 is 22.9 Å². The molecular weight excluding hydrogens is 246 g/mol. The van der Waals surface area contributed by atoms with Gasteiger partial charge in [-0.25, -0.2) is 4.98 Å². The SMILES string of the molecule is Cc1ncc(CNC(=O)c2cccc(C)c2N)s1. The maximum atomic E-state index is 12.0. The number of hydrogen-bond acceptors (Lipinski definition) is 4. The molecule has 1 aromatic heterocycles. The summed E-state index contributed by atoms with van der Waals surface area (Å²) < 4.78 is 0. The molecule has 2 aromatic rings. The molecule has 1 heterocycles. The number of nitrogens with one attached hydrogen (secondary N) is 1. The van der Waals surface area contributed by atoms with Crippen LogP contribution in [0.15, 0.2) is 24.4 Å². The van der Waals surface area contributed by atoms with E-state index in [0.717, 1.165) is 15.4 Å². The second-order valence-electron chi connectivity index (χ2n) is 4.06. The Hall–Kier alpha value is -1.88. The van der Waals surface area contributed by atoms with E-state index in [1.54, 1.807) is 23.6 Å². The van der Waals surface area contributed by atoms with Crippen LogP contribution >= 0.6 is 11.3 Å². The van der Waals surface area contributed by atoms with Gasteiger partial charge in [0.2, 0.25) is 0 Å². The molecule has 0 radical (unpaired) electrons. The molecule has 3 N–H and O–H groups in total. The highest BCUT2D eigenvalue weighted by atomic mass is 32.1. The molecule has 0 unspecified atom stereocenters. The van der Waals surface area contributed by atoms with Gasteiger partial charge in [-0.1, -0.05) is 12.1 Å². The maximum Gasteiger partial charge on any atom is 0.253 e. The fraction of sp³-hybridized carbons (Fsp3) is 0.231. The molecule has 0 aliphatic heterocycles. The number of nitrogens with zero attached hydrogens (tertiary/aromatic N) is 1. The monoisotopic (exact) mass is 261 g/mol. The maximum absolute atomic E-state index is 12.0. The lowest BCUT2D eigenvalue weighted by molar-refractivity contribution is 0.0952. The molecule has 0 aliphatic rings. The average molecular weight is 261 g/mol. The Morgan fingerprint density at radius 2 is 2.22 bits per heavy atom. The lowest BCUT2D eigenvalue weighted by Crippen LogP contribution is -2.23. The van der Waals surface area contributed by atoms with E-state index in [2.05, 4.69) is 10.3 Å². The quantitative estimate of drug-likeness (QED) is 0.833. The van der Waals surface area contributed by atoms with E-state index >= 15 is 0 Å². The van der Waals surface area contributed by atoms with Crippen molar-refractivity contribution in [3.05, 3.63) is 45.4 Å². The summed E-state index contributed by atoms with van der Waals surface area (Å²) >= 11 is 1.58. The number of benzene rings is 1. The van der Waals surface area contributed by atoms with Gasteiger partial charge < -0.3 is 11.1 Å². The zero-order valence-electron chi connectivity index (χ0n) is 10.4. The number of amides is 1. The Bertz CT molecular complexity index is 577. The number of nitrogen functional groups attached to an aromatic ring is 1. The van der Waals surface area contributed by atoms with Crippen molar-refractivity contribution in [3.63, 3.8) is 0 Å². The number of carbonyl (C=O) groups is 1. The number of thiazole rings is 1. The molecule has 0 saturated carbocycles. The summed E-state index contributed by atoms with van der Waals surface area (Å²) in [5.41, 5.74) is 7.86. The van der Waals surface area contributed by atoms with Gasteiger partial charge in [-0.3, -0.25) is 4.79 Å². The second-order valence-corrected chi connectivity index (χ2v) is 5.38. The van der Waals surface area contributed by atoms with E-state index in [4.69, 9.17) is 5.73 Å². The molecule has 0 spiro atoms. The van der Waals surface area contributed by atoms with Gasteiger partial charge >= 0.3 is 0 Å². The highest BCUT2D eigenvalue weighted by Crippen LogP contribution is 2.17. The number of hydrogen-bond donors (Lipinski definition) is 2. The van der Waals surface area contributed by atoms with Gasteiger partial charge in [0.15, 0.2) is 0 Å². The third-order valence-corrected chi connectivity index (χ3v) is 3.57. The van der Waals surface area contributed by atoms with Crippen LogP contribution in [0.5, 0.6) is 0 Å². The molecule has 0 saturated heterocycles. The molecule has 94 valence electrons. The normalized spacial score (nSPS) is 10.3. The third-order valence-electron chi connectivity index (χ3n) is 2.66. The van der Waals surface area contributed by atoms with Gasteiger partial charge in [-0.15, -0.1) is 11.3 Å². The van der Waals surface area contributed by atoms with Crippen LogP contribution in [0, 0.1) is 13.8 Å². The van der Waals surface area contributed by atoms with Gasteiger partial charge in [0.25, 0.3) is 5.91 Å². The summed E-state index contributed by atoms with van der Waals surface area (Å²) in [6.45, 7) is 4.31. The Kier molecular flexibility index (Phi) is 3.62. The fourth-order valence-electron chi connectivity index (χ4n) is 1.63. The summed E-state index contributed by atoms with van der Waals surface area (Å²) in [4.78, 5) is 17.2. The topological polar surface area (TPSA) is 68.0 Å². The molecule has 18 heavy (non-hydrogen) atoms. The zero-order chi connectivity index (χ0) is 13.1. The fourth-order valence-corrected chi connectivity index (χ4v) is 2.36. The summed E-state index contributed by atoms with van der Waals surface area (Å²) in [5.74, 6) is -0.151. The first-order valence-corrected chi connectivity index (χ1v) is 6.44. The van der Waals surface area contributed by atoms with E-state index in [-0.39, 0.29) is 5.91 Å². The second kappa shape index (κ2) is 5.18. The molecule has 4 nitrogen and oxygen atoms in total. The van der Waals surface area contributed by atoms with E-state index in [1.807, 2.05) is 26.0 Å². The first kappa shape index (κ1) is 12.6.